The Kier molecular flexibility index (Phi) is 4.24. The number of hydrogen-bond donors (Lipinski definition) is 2. The van der Waals surface area contributed by atoms with Crippen molar-refractivity contribution in [3.63, 3.8) is 0 Å². The Morgan fingerprint density at radius 2 is 2.33 bits per heavy atom. The fourth-order valence-electron chi connectivity index (χ4n) is 1.82. The molecule has 2 amide bonds. The molecule has 1 aliphatic rings. The highest BCUT2D eigenvalue weighted by Crippen LogP contribution is 2.21. The van der Waals surface area contributed by atoms with Crippen molar-refractivity contribution in [2.45, 2.75) is 18.9 Å². The molecule has 2 rings (SSSR count). The van der Waals surface area contributed by atoms with E-state index >= 15 is 0 Å². The number of hydrogen-bond acceptors (Lipinski definition) is 2. The minimum absolute atomic E-state index is 0.0347. The van der Waals surface area contributed by atoms with Gasteiger partial charge in [0, 0.05) is 28.5 Å². The summed E-state index contributed by atoms with van der Waals surface area (Å²) in [5, 5.41) is 6.16. The van der Waals surface area contributed by atoms with Gasteiger partial charge in [0.1, 0.15) is 0 Å². The van der Waals surface area contributed by atoms with Crippen LogP contribution < -0.4 is 10.6 Å². The SMILES string of the molecule is O=C1CCC(CNC(=O)c2ccc(Cl)cc2Br)N1. The lowest BCUT2D eigenvalue weighted by Gasteiger charge is -2.12. The summed E-state index contributed by atoms with van der Waals surface area (Å²) in [5.41, 5.74) is 0.531. The first-order chi connectivity index (χ1) is 8.56. The van der Waals surface area contributed by atoms with Gasteiger partial charge in [-0.25, -0.2) is 0 Å². The predicted octanol–water partition coefficient (Wildman–Crippen LogP) is 2.11. The zero-order valence-corrected chi connectivity index (χ0v) is 11.8. The van der Waals surface area contributed by atoms with Crippen molar-refractivity contribution >= 4 is 39.3 Å². The summed E-state index contributed by atoms with van der Waals surface area (Å²) in [6, 6.07) is 5.04. The van der Waals surface area contributed by atoms with Crippen LogP contribution in [0.4, 0.5) is 0 Å². The van der Waals surface area contributed by atoms with Crippen LogP contribution in [0.5, 0.6) is 0 Å². The van der Waals surface area contributed by atoms with Gasteiger partial charge >= 0.3 is 0 Å². The van der Waals surface area contributed by atoms with E-state index in [-0.39, 0.29) is 17.9 Å². The molecule has 0 saturated carbocycles. The van der Waals surface area contributed by atoms with E-state index < -0.39 is 0 Å². The van der Waals surface area contributed by atoms with Crippen LogP contribution in [-0.4, -0.2) is 24.4 Å². The van der Waals surface area contributed by atoms with E-state index in [9.17, 15) is 9.59 Å². The van der Waals surface area contributed by atoms with Gasteiger partial charge in [-0.3, -0.25) is 9.59 Å². The van der Waals surface area contributed by atoms with Crippen molar-refractivity contribution in [2.75, 3.05) is 6.54 Å². The molecule has 2 N–H and O–H groups in total. The zero-order valence-electron chi connectivity index (χ0n) is 9.50. The van der Waals surface area contributed by atoms with Crippen LogP contribution in [0.2, 0.25) is 5.02 Å². The third kappa shape index (κ3) is 3.23. The average molecular weight is 332 g/mol. The van der Waals surface area contributed by atoms with Crippen LogP contribution in [0, 0.1) is 0 Å². The van der Waals surface area contributed by atoms with Gasteiger partial charge in [-0.15, -0.1) is 0 Å². The number of rotatable bonds is 3. The Morgan fingerprint density at radius 3 is 2.94 bits per heavy atom. The van der Waals surface area contributed by atoms with Gasteiger partial charge in [0.2, 0.25) is 5.91 Å². The molecule has 1 fully saturated rings. The molecule has 0 spiro atoms. The average Bonchev–Trinajstić information content (AvgIpc) is 2.72. The first-order valence-corrected chi connectivity index (χ1v) is 6.76. The third-order valence-corrected chi connectivity index (χ3v) is 3.66. The van der Waals surface area contributed by atoms with Gasteiger partial charge in [-0.1, -0.05) is 11.6 Å². The van der Waals surface area contributed by atoms with Crippen molar-refractivity contribution in [1.82, 2.24) is 10.6 Å². The Balaban J connectivity index is 1.93. The van der Waals surface area contributed by atoms with E-state index in [1.807, 2.05) is 0 Å². The zero-order chi connectivity index (χ0) is 13.1. The predicted molar refractivity (Wildman–Crippen MR) is 72.6 cm³/mol. The molecule has 1 aliphatic heterocycles. The first kappa shape index (κ1) is 13.4. The monoisotopic (exact) mass is 330 g/mol. The normalized spacial score (nSPS) is 18.6. The molecule has 0 aliphatic carbocycles. The van der Waals surface area contributed by atoms with E-state index in [1.54, 1.807) is 18.2 Å². The van der Waals surface area contributed by atoms with Crippen molar-refractivity contribution in [1.29, 1.82) is 0 Å². The first-order valence-electron chi connectivity index (χ1n) is 5.59. The van der Waals surface area contributed by atoms with Crippen molar-refractivity contribution in [3.8, 4) is 0 Å². The summed E-state index contributed by atoms with van der Waals surface area (Å²) in [6.07, 6.45) is 1.30. The number of nitrogens with one attached hydrogen (secondary N) is 2. The Hall–Kier alpha value is -1.07. The fraction of sp³-hybridized carbons (Fsp3) is 0.333. The number of carbonyl (C=O) groups is 2. The van der Waals surface area contributed by atoms with Gasteiger partial charge in [-0.2, -0.15) is 0 Å². The van der Waals surface area contributed by atoms with E-state index in [0.717, 1.165) is 6.42 Å². The van der Waals surface area contributed by atoms with Crippen molar-refractivity contribution in [2.24, 2.45) is 0 Å². The van der Waals surface area contributed by atoms with Gasteiger partial charge in [0.25, 0.3) is 5.91 Å². The fourth-order valence-corrected chi connectivity index (χ4v) is 2.68. The molecule has 1 heterocycles. The summed E-state index contributed by atoms with van der Waals surface area (Å²) in [6.45, 7) is 0.444. The third-order valence-electron chi connectivity index (χ3n) is 2.77. The second-order valence-electron chi connectivity index (χ2n) is 4.14. The summed E-state index contributed by atoms with van der Waals surface area (Å²) < 4.78 is 0.656. The van der Waals surface area contributed by atoms with Crippen LogP contribution in [-0.2, 0) is 4.79 Å². The molecular weight excluding hydrogens is 320 g/mol. The Labute approximate surface area is 118 Å². The molecule has 1 aromatic carbocycles. The molecular formula is C12H12BrClN2O2. The lowest BCUT2D eigenvalue weighted by atomic mass is 10.2. The van der Waals surface area contributed by atoms with Crippen LogP contribution in [0.15, 0.2) is 22.7 Å². The number of carbonyl (C=O) groups excluding carboxylic acids is 2. The summed E-state index contributed by atoms with van der Waals surface area (Å²) in [7, 11) is 0. The second-order valence-corrected chi connectivity index (χ2v) is 5.43. The standard InChI is InChI=1S/C12H12BrClN2O2/c13-10-5-7(14)1-3-9(10)12(18)15-6-8-2-4-11(17)16-8/h1,3,5,8H,2,4,6H2,(H,15,18)(H,16,17). The molecule has 0 radical (unpaired) electrons. The van der Waals surface area contributed by atoms with Crippen LogP contribution >= 0.6 is 27.5 Å². The van der Waals surface area contributed by atoms with Crippen LogP contribution in [0.25, 0.3) is 0 Å². The minimum Gasteiger partial charge on any atom is -0.352 e. The lowest BCUT2D eigenvalue weighted by molar-refractivity contribution is -0.119. The number of amides is 2. The topological polar surface area (TPSA) is 58.2 Å². The molecule has 1 saturated heterocycles. The molecule has 1 unspecified atom stereocenters. The number of benzene rings is 1. The minimum atomic E-state index is -0.181. The maximum absolute atomic E-state index is 11.9. The Morgan fingerprint density at radius 1 is 1.56 bits per heavy atom. The molecule has 1 atom stereocenters. The van der Waals surface area contributed by atoms with E-state index in [1.165, 1.54) is 0 Å². The quantitative estimate of drug-likeness (QED) is 0.891. The highest BCUT2D eigenvalue weighted by Gasteiger charge is 2.21. The molecule has 1 aromatic rings. The molecule has 96 valence electrons. The van der Waals surface area contributed by atoms with Crippen LogP contribution in [0.1, 0.15) is 23.2 Å². The maximum Gasteiger partial charge on any atom is 0.252 e. The molecule has 0 bridgehead atoms. The smallest absolute Gasteiger partial charge is 0.252 e. The number of halogens is 2. The van der Waals surface area contributed by atoms with Gasteiger partial charge in [-0.05, 0) is 40.5 Å². The summed E-state index contributed by atoms with van der Waals surface area (Å²) >= 11 is 9.10. The molecule has 18 heavy (non-hydrogen) atoms. The van der Waals surface area contributed by atoms with Crippen molar-refractivity contribution < 1.29 is 9.59 Å². The largest absolute Gasteiger partial charge is 0.352 e. The Bertz CT molecular complexity index is 493. The van der Waals surface area contributed by atoms with E-state index in [2.05, 4.69) is 26.6 Å². The van der Waals surface area contributed by atoms with Gasteiger partial charge < -0.3 is 10.6 Å². The van der Waals surface area contributed by atoms with Crippen LogP contribution in [0.3, 0.4) is 0 Å². The van der Waals surface area contributed by atoms with E-state index in [0.29, 0.717) is 28.0 Å². The van der Waals surface area contributed by atoms with E-state index in [4.69, 9.17) is 11.6 Å². The molecule has 6 heteroatoms. The maximum atomic E-state index is 11.9. The van der Waals surface area contributed by atoms with Gasteiger partial charge in [0.15, 0.2) is 0 Å². The second kappa shape index (κ2) is 5.71. The lowest BCUT2D eigenvalue weighted by Crippen LogP contribution is -2.38. The molecule has 4 nitrogen and oxygen atoms in total. The highest BCUT2D eigenvalue weighted by molar-refractivity contribution is 9.10. The molecule has 0 aromatic heterocycles. The highest BCUT2D eigenvalue weighted by atomic mass is 79.9. The summed E-state index contributed by atoms with van der Waals surface area (Å²) in [4.78, 5) is 22.9. The summed E-state index contributed by atoms with van der Waals surface area (Å²) in [5.74, 6) is -0.137. The van der Waals surface area contributed by atoms with Crippen molar-refractivity contribution in [3.05, 3.63) is 33.3 Å². The van der Waals surface area contributed by atoms with Gasteiger partial charge in [0.05, 0.1) is 5.56 Å².